The van der Waals surface area contributed by atoms with Crippen LogP contribution in [0.25, 0.3) is 0 Å². The van der Waals surface area contributed by atoms with Gasteiger partial charge in [0.1, 0.15) is 0 Å². The quantitative estimate of drug-likeness (QED) is 0.542. The fraction of sp³-hybridized carbons (Fsp3) is 1.00. The van der Waals surface area contributed by atoms with Crippen molar-refractivity contribution < 1.29 is 4.21 Å². The number of hydrogen-bond acceptors (Lipinski definition) is 3. The van der Waals surface area contributed by atoms with Crippen molar-refractivity contribution in [1.82, 2.24) is 5.32 Å². The van der Waals surface area contributed by atoms with Crippen molar-refractivity contribution in [1.29, 1.82) is 4.78 Å². The van der Waals surface area contributed by atoms with Gasteiger partial charge in [-0.2, -0.15) is 0 Å². The second kappa shape index (κ2) is 2.88. The fourth-order valence-electron chi connectivity index (χ4n) is 1.04. The van der Waals surface area contributed by atoms with Gasteiger partial charge in [0.15, 0.2) is 0 Å². The lowest BCUT2D eigenvalue weighted by molar-refractivity contribution is 0.567. The van der Waals surface area contributed by atoms with Gasteiger partial charge in [0, 0.05) is 33.8 Å². The second-order valence-electron chi connectivity index (χ2n) is 2.86. The Balaban J connectivity index is 2.58. The number of hydrogen-bond donors (Lipinski definition) is 2. The van der Waals surface area contributed by atoms with Gasteiger partial charge in [0.2, 0.25) is 0 Å². The molecular formula is C6H14N2OS. The molecule has 2 atom stereocenters. The molecule has 3 nitrogen and oxygen atoms in total. The van der Waals surface area contributed by atoms with Crippen molar-refractivity contribution in [3.63, 3.8) is 0 Å². The molecule has 4 heteroatoms. The van der Waals surface area contributed by atoms with Gasteiger partial charge in [-0.05, 0) is 13.3 Å². The summed E-state index contributed by atoms with van der Waals surface area (Å²) in [6, 6.07) is 0.439. The highest BCUT2D eigenvalue weighted by atomic mass is 32.2. The van der Waals surface area contributed by atoms with E-state index in [1.807, 2.05) is 0 Å². The molecule has 60 valence electrons. The van der Waals surface area contributed by atoms with E-state index in [-0.39, 0.29) is 0 Å². The summed E-state index contributed by atoms with van der Waals surface area (Å²) >= 11 is 0. The molecule has 0 aliphatic carbocycles. The fourth-order valence-corrected chi connectivity index (χ4v) is 2.43. The third-order valence-corrected chi connectivity index (χ3v) is 3.56. The van der Waals surface area contributed by atoms with Crippen molar-refractivity contribution in [3.8, 4) is 0 Å². The Labute approximate surface area is 62.2 Å². The zero-order chi connectivity index (χ0) is 7.61. The molecule has 10 heavy (non-hydrogen) atoms. The van der Waals surface area contributed by atoms with E-state index < -0.39 is 9.73 Å². The number of rotatable bonds is 0. The van der Waals surface area contributed by atoms with Crippen LogP contribution >= 0.6 is 0 Å². The molecule has 1 aliphatic heterocycles. The molecule has 1 aliphatic rings. The predicted molar refractivity (Wildman–Crippen MR) is 42.7 cm³/mol. The Morgan fingerprint density at radius 1 is 1.60 bits per heavy atom. The van der Waals surface area contributed by atoms with Crippen LogP contribution in [0.3, 0.4) is 0 Å². The highest BCUT2D eigenvalue weighted by molar-refractivity contribution is 7.92. The van der Waals surface area contributed by atoms with Crippen molar-refractivity contribution in [2.75, 3.05) is 18.1 Å². The minimum Gasteiger partial charge on any atom is -0.313 e. The zero-order valence-corrected chi connectivity index (χ0v) is 7.04. The first-order valence-electron chi connectivity index (χ1n) is 3.58. The summed E-state index contributed by atoms with van der Waals surface area (Å²) < 4.78 is 18.5. The molecule has 0 spiro atoms. The summed E-state index contributed by atoms with van der Waals surface area (Å²) in [5.41, 5.74) is 0. The van der Waals surface area contributed by atoms with E-state index in [2.05, 4.69) is 12.2 Å². The Hall–Kier alpha value is -0.0900. The van der Waals surface area contributed by atoms with Gasteiger partial charge >= 0.3 is 0 Å². The maximum atomic E-state index is 11.2. The van der Waals surface area contributed by atoms with Crippen molar-refractivity contribution in [2.24, 2.45) is 0 Å². The highest BCUT2D eigenvalue weighted by Gasteiger charge is 2.13. The summed E-state index contributed by atoms with van der Waals surface area (Å²) in [6.07, 6.45) is 0.877. The minimum absolute atomic E-state index is 0.439. The smallest absolute Gasteiger partial charge is 0.0454 e. The second-order valence-corrected chi connectivity index (χ2v) is 5.30. The summed E-state index contributed by atoms with van der Waals surface area (Å²) in [5.74, 6) is 1.10. The minimum atomic E-state index is -2.21. The van der Waals surface area contributed by atoms with Crippen LogP contribution in [0.1, 0.15) is 13.3 Å². The Morgan fingerprint density at radius 3 is 3.00 bits per heavy atom. The molecule has 2 unspecified atom stereocenters. The third-order valence-electron chi connectivity index (χ3n) is 1.81. The van der Waals surface area contributed by atoms with E-state index in [0.717, 1.165) is 13.0 Å². The van der Waals surface area contributed by atoms with Crippen LogP contribution in [-0.4, -0.2) is 28.3 Å². The van der Waals surface area contributed by atoms with E-state index in [0.29, 0.717) is 17.5 Å². The predicted octanol–water partition coefficient (Wildman–Crippen LogP) is 0.415. The summed E-state index contributed by atoms with van der Waals surface area (Å²) in [7, 11) is -2.21. The topological polar surface area (TPSA) is 53.0 Å². The normalized spacial score (nSPS) is 42.7. The van der Waals surface area contributed by atoms with Crippen LogP contribution < -0.4 is 5.32 Å². The van der Waals surface area contributed by atoms with Crippen molar-refractivity contribution in [2.45, 2.75) is 19.4 Å². The average Bonchev–Trinajstić information content (AvgIpc) is 1.94. The Bertz CT molecular complexity index is 198. The molecule has 0 radical (unpaired) electrons. The van der Waals surface area contributed by atoms with Crippen LogP contribution in [-0.2, 0) is 9.73 Å². The van der Waals surface area contributed by atoms with Crippen LogP contribution in [0.2, 0.25) is 0 Å². The van der Waals surface area contributed by atoms with Crippen molar-refractivity contribution >= 4 is 9.73 Å². The highest BCUT2D eigenvalue weighted by Crippen LogP contribution is 2.02. The van der Waals surface area contributed by atoms with E-state index in [4.69, 9.17) is 4.78 Å². The Kier molecular flexibility index (Phi) is 2.31. The molecule has 0 aromatic heterocycles. The van der Waals surface area contributed by atoms with E-state index in [1.54, 1.807) is 0 Å². The van der Waals surface area contributed by atoms with Crippen LogP contribution in [0.5, 0.6) is 0 Å². The molecule has 0 amide bonds. The third kappa shape index (κ3) is 2.27. The molecule has 1 heterocycles. The van der Waals surface area contributed by atoms with Gasteiger partial charge < -0.3 is 5.32 Å². The molecule has 0 bridgehead atoms. The lowest BCUT2D eigenvalue weighted by Crippen LogP contribution is -2.26. The summed E-state index contributed by atoms with van der Waals surface area (Å²) in [5, 5.41) is 3.20. The SMILES string of the molecule is CC1CCS(=N)(=O)CCN1. The van der Waals surface area contributed by atoms with Crippen LogP contribution in [0.4, 0.5) is 0 Å². The van der Waals surface area contributed by atoms with Crippen molar-refractivity contribution in [3.05, 3.63) is 0 Å². The lowest BCUT2D eigenvalue weighted by Gasteiger charge is -2.05. The van der Waals surface area contributed by atoms with E-state index >= 15 is 0 Å². The van der Waals surface area contributed by atoms with Gasteiger partial charge in [-0.1, -0.05) is 0 Å². The van der Waals surface area contributed by atoms with Gasteiger partial charge in [-0.3, -0.25) is 4.78 Å². The molecule has 2 N–H and O–H groups in total. The van der Waals surface area contributed by atoms with Crippen LogP contribution in [0.15, 0.2) is 0 Å². The molecule has 0 aromatic carbocycles. The van der Waals surface area contributed by atoms with Gasteiger partial charge in [-0.15, -0.1) is 0 Å². The molecular weight excluding hydrogens is 148 g/mol. The van der Waals surface area contributed by atoms with Gasteiger partial charge in [0.25, 0.3) is 0 Å². The first-order chi connectivity index (χ1) is 4.60. The zero-order valence-electron chi connectivity index (χ0n) is 6.22. The average molecular weight is 162 g/mol. The van der Waals surface area contributed by atoms with Gasteiger partial charge in [0.05, 0.1) is 0 Å². The first kappa shape index (κ1) is 8.01. The van der Waals surface area contributed by atoms with Crippen LogP contribution in [0, 0.1) is 4.78 Å². The molecule has 1 rings (SSSR count). The lowest BCUT2D eigenvalue weighted by atomic mass is 10.3. The van der Waals surface area contributed by atoms with Gasteiger partial charge in [-0.25, -0.2) is 4.21 Å². The largest absolute Gasteiger partial charge is 0.313 e. The molecule has 1 fully saturated rings. The summed E-state index contributed by atoms with van der Waals surface area (Å²) in [4.78, 5) is 0. The standard InChI is InChI=1S/C6H14N2OS/c1-6-2-4-10(7,9)5-3-8-6/h6-8H,2-5H2,1H3. The number of nitrogens with one attached hydrogen (secondary N) is 2. The maximum Gasteiger partial charge on any atom is 0.0454 e. The Morgan fingerprint density at radius 2 is 2.30 bits per heavy atom. The first-order valence-corrected chi connectivity index (χ1v) is 5.47. The molecule has 1 saturated heterocycles. The molecule has 0 aromatic rings. The van der Waals surface area contributed by atoms with E-state index in [1.165, 1.54) is 0 Å². The monoisotopic (exact) mass is 162 g/mol. The van der Waals surface area contributed by atoms with E-state index in [9.17, 15) is 4.21 Å². The summed E-state index contributed by atoms with van der Waals surface area (Å²) in [6.45, 7) is 2.81. The maximum absolute atomic E-state index is 11.2. The molecule has 0 saturated carbocycles.